The second-order valence-corrected chi connectivity index (χ2v) is 10.2. The van der Waals surface area contributed by atoms with Crippen LogP contribution in [-0.2, 0) is 22.1 Å². The molecule has 0 aliphatic rings. The van der Waals surface area contributed by atoms with Crippen LogP contribution in [0.15, 0.2) is 60.8 Å². The molecule has 4 aromatic rings. The Morgan fingerprint density at radius 3 is 2.26 bits per heavy atom. The van der Waals surface area contributed by atoms with Gasteiger partial charge in [0.25, 0.3) is 5.91 Å². The minimum absolute atomic E-state index is 0.0160. The molecule has 0 aliphatic carbocycles. The third kappa shape index (κ3) is 6.76. The highest BCUT2D eigenvalue weighted by Crippen LogP contribution is 2.40. The van der Waals surface area contributed by atoms with Crippen LogP contribution in [-0.4, -0.2) is 36.1 Å². The number of hydrogen-bond donors (Lipinski definition) is 2. The zero-order valence-electron chi connectivity index (χ0n) is 23.9. The zero-order chi connectivity index (χ0) is 31.5. The van der Waals surface area contributed by atoms with E-state index in [1.165, 1.54) is 31.3 Å². The molecule has 0 spiro atoms. The smallest absolute Gasteiger partial charge is 0.418 e. The number of esters is 1. The van der Waals surface area contributed by atoms with Crippen LogP contribution in [0.4, 0.5) is 27.6 Å². The Morgan fingerprint density at radius 1 is 1.00 bits per heavy atom. The lowest BCUT2D eigenvalue weighted by molar-refractivity contribution is -0.143. The number of ether oxygens (including phenoxy) is 1. The lowest BCUT2D eigenvalue weighted by atomic mass is 9.92. The summed E-state index contributed by atoms with van der Waals surface area (Å²) < 4.78 is 76.6. The Labute approximate surface area is 245 Å². The molecule has 0 saturated heterocycles. The van der Waals surface area contributed by atoms with Crippen molar-refractivity contribution in [1.82, 2.24) is 10.3 Å². The molecule has 0 unspecified atom stereocenters. The molecule has 0 saturated carbocycles. The van der Waals surface area contributed by atoms with E-state index in [1.54, 1.807) is 24.3 Å². The van der Waals surface area contributed by atoms with Crippen LogP contribution in [0.5, 0.6) is 0 Å². The summed E-state index contributed by atoms with van der Waals surface area (Å²) in [6.45, 7) is 5.09. The van der Waals surface area contributed by atoms with E-state index in [2.05, 4.69) is 15.6 Å². The van der Waals surface area contributed by atoms with Crippen LogP contribution in [0.2, 0.25) is 0 Å². The second-order valence-electron chi connectivity index (χ2n) is 10.2. The SMILES string of the molecule is CC[C@H](C)Nc1cc(F)c(C(=O)N[C@@H](Cc2ccc(-c3nccc(C)c3C(F)(F)F)c3ccccc23)C(=O)OC)c(F)c1. The summed E-state index contributed by atoms with van der Waals surface area (Å²) in [7, 11) is 1.10. The molecule has 1 aromatic heterocycles. The number of aromatic nitrogens is 1. The van der Waals surface area contributed by atoms with Gasteiger partial charge in [0.15, 0.2) is 0 Å². The fraction of sp³-hybridized carbons (Fsp3) is 0.281. The number of fused-ring (bicyclic) bond motifs is 1. The van der Waals surface area contributed by atoms with E-state index in [1.807, 2.05) is 13.8 Å². The maximum absolute atomic E-state index is 14.9. The number of methoxy groups -OCH3 is 1. The van der Waals surface area contributed by atoms with Crippen molar-refractivity contribution < 1.29 is 36.3 Å². The fourth-order valence-electron chi connectivity index (χ4n) is 4.91. The molecular formula is C32H30F5N3O3. The number of rotatable bonds is 9. The van der Waals surface area contributed by atoms with Gasteiger partial charge in [0.2, 0.25) is 0 Å². The summed E-state index contributed by atoms with van der Waals surface area (Å²) in [6, 6.07) is 11.5. The van der Waals surface area contributed by atoms with Crippen molar-refractivity contribution in [2.75, 3.05) is 12.4 Å². The third-order valence-electron chi connectivity index (χ3n) is 7.22. The first kappa shape index (κ1) is 31.4. The van der Waals surface area contributed by atoms with Gasteiger partial charge >= 0.3 is 12.1 Å². The van der Waals surface area contributed by atoms with E-state index < -0.39 is 46.9 Å². The van der Waals surface area contributed by atoms with Gasteiger partial charge in [-0.1, -0.05) is 43.3 Å². The highest BCUT2D eigenvalue weighted by atomic mass is 19.4. The molecule has 43 heavy (non-hydrogen) atoms. The minimum atomic E-state index is -4.65. The maximum Gasteiger partial charge on any atom is 0.418 e. The topological polar surface area (TPSA) is 80.3 Å². The quantitative estimate of drug-likeness (QED) is 0.157. The van der Waals surface area contributed by atoms with Crippen LogP contribution in [0.3, 0.4) is 0 Å². The summed E-state index contributed by atoms with van der Waals surface area (Å²) in [6.07, 6.45) is -2.83. The summed E-state index contributed by atoms with van der Waals surface area (Å²) in [4.78, 5) is 29.8. The molecule has 4 rings (SSSR count). The normalized spacial score (nSPS) is 13.0. The number of halogens is 5. The van der Waals surface area contributed by atoms with E-state index in [0.717, 1.165) is 19.2 Å². The molecule has 2 N–H and O–H groups in total. The summed E-state index contributed by atoms with van der Waals surface area (Å²) in [5, 5.41) is 6.22. The van der Waals surface area contributed by atoms with E-state index in [9.17, 15) is 31.5 Å². The van der Waals surface area contributed by atoms with Gasteiger partial charge in [-0.2, -0.15) is 13.2 Å². The van der Waals surface area contributed by atoms with Crippen LogP contribution in [0.25, 0.3) is 22.0 Å². The molecule has 226 valence electrons. The molecule has 2 atom stereocenters. The van der Waals surface area contributed by atoms with E-state index in [-0.39, 0.29) is 35.0 Å². The molecule has 3 aromatic carbocycles. The number of hydrogen-bond acceptors (Lipinski definition) is 5. The molecular weight excluding hydrogens is 569 g/mol. The summed E-state index contributed by atoms with van der Waals surface area (Å²) in [5.41, 5.74) is -1.09. The van der Waals surface area contributed by atoms with Gasteiger partial charge in [-0.15, -0.1) is 0 Å². The van der Waals surface area contributed by atoms with Crippen LogP contribution >= 0.6 is 0 Å². The molecule has 11 heteroatoms. The van der Waals surface area contributed by atoms with Crippen molar-refractivity contribution in [3.8, 4) is 11.3 Å². The van der Waals surface area contributed by atoms with E-state index in [0.29, 0.717) is 22.8 Å². The monoisotopic (exact) mass is 599 g/mol. The standard InChI is InChI=1S/C32H30F5N3O3/c1-5-18(3)39-20-15-24(33)27(25(34)16-20)30(41)40-26(31(42)43-4)14-19-10-11-23(22-9-7-6-8-21(19)22)29-28(32(35,36)37)17(2)12-13-38-29/h6-13,15-16,18,26,39H,5,14H2,1-4H3,(H,40,41)/t18-,26-/m0/s1. The van der Waals surface area contributed by atoms with Crippen molar-refractivity contribution in [3.05, 3.63) is 94.7 Å². The number of anilines is 1. The van der Waals surface area contributed by atoms with Crippen LogP contribution < -0.4 is 10.6 Å². The van der Waals surface area contributed by atoms with Gasteiger partial charge in [-0.3, -0.25) is 9.78 Å². The molecule has 0 radical (unpaired) electrons. The van der Waals surface area contributed by atoms with Gasteiger partial charge in [0.1, 0.15) is 23.2 Å². The fourth-order valence-corrected chi connectivity index (χ4v) is 4.91. The lowest BCUT2D eigenvalue weighted by Gasteiger charge is -2.20. The van der Waals surface area contributed by atoms with Crippen molar-refractivity contribution in [2.24, 2.45) is 0 Å². The Kier molecular flexibility index (Phi) is 9.32. The second kappa shape index (κ2) is 12.8. The Morgan fingerprint density at radius 2 is 1.65 bits per heavy atom. The van der Waals surface area contributed by atoms with Crippen LogP contribution in [0, 0.1) is 18.6 Å². The first-order chi connectivity index (χ1) is 20.3. The Bertz CT molecular complexity index is 1650. The van der Waals surface area contributed by atoms with Gasteiger partial charge in [-0.25, -0.2) is 13.6 Å². The third-order valence-corrected chi connectivity index (χ3v) is 7.22. The van der Waals surface area contributed by atoms with Crippen molar-refractivity contribution in [3.63, 3.8) is 0 Å². The van der Waals surface area contributed by atoms with Gasteiger partial charge < -0.3 is 15.4 Å². The van der Waals surface area contributed by atoms with Crippen molar-refractivity contribution in [1.29, 1.82) is 0 Å². The van der Waals surface area contributed by atoms with Gasteiger partial charge in [0.05, 0.1) is 18.4 Å². The van der Waals surface area contributed by atoms with Crippen molar-refractivity contribution in [2.45, 2.75) is 51.9 Å². The molecule has 1 heterocycles. The molecule has 6 nitrogen and oxygen atoms in total. The first-order valence-electron chi connectivity index (χ1n) is 13.5. The number of pyridine rings is 1. The highest BCUT2D eigenvalue weighted by Gasteiger charge is 2.37. The number of nitrogens with one attached hydrogen (secondary N) is 2. The average molecular weight is 600 g/mol. The number of aryl methyl sites for hydroxylation is 1. The zero-order valence-corrected chi connectivity index (χ0v) is 23.9. The Hall–Kier alpha value is -4.54. The predicted molar refractivity (Wildman–Crippen MR) is 154 cm³/mol. The molecule has 1 amide bonds. The average Bonchev–Trinajstić information content (AvgIpc) is 2.95. The number of benzene rings is 3. The molecule has 0 aliphatic heterocycles. The highest BCUT2D eigenvalue weighted by molar-refractivity contribution is 6.00. The largest absolute Gasteiger partial charge is 0.467 e. The summed E-state index contributed by atoms with van der Waals surface area (Å²) in [5.74, 6) is -4.28. The first-order valence-corrected chi connectivity index (χ1v) is 13.5. The number of amides is 1. The number of carbonyl (C=O) groups excluding carboxylic acids is 2. The van der Waals surface area contributed by atoms with Crippen molar-refractivity contribution >= 4 is 28.3 Å². The number of alkyl halides is 3. The maximum atomic E-state index is 14.9. The number of nitrogens with zero attached hydrogens (tertiary/aromatic N) is 1. The molecule has 0 bridgehead atoms. The van der Waals surface area contributed by atoms with Gasteiger partial charge in [-0.05, 0) is 60.4 Å². The van der Waals surface area contributed by atoms with E-state index in [4.69, 9.17) is 4.74 Å². The minimum Gasteiger partial charge on any atom is -0.467 e. The lowest BCUT2D eigenvalue weighted by Crippen LogP contribution is -2.43. The molecule has 0 fully saturated rings. The number of carbonyl (C=O) groups is 2. The Balaban J connectivity index is 1.71. The van der Waals surface area contributed by atoms with E-state index >= 15 is 0 Å². The predicted octanol–water partition coefficient (Wildman–Crippen LogP) is 7.23. The summed E-state index contributed by atoms with van der Waals surface area (Å²) >= 11 is 0. The van der Waals surface area contributed by atoms with Gasteiger partial charge in [0, 0.05) is 29.9 Å². The van der Waals surface area contributed by atoms with Crippen LogP contribution in [0.1, 0.15) is 47.3 Å².